The molecule has 0 saturated heterocycles. The normalized spacial score (nSPS) is 16.1. The summed E-state index contributed by atoms with van der Waals surface area (Å²) in [6.45, 7) is 7.93. The van der Waals surface area contributed by atoms with E-state index in [9.17, 15) is 9.32 Å². The van der Waals surface area contributed by atoms with E-state index in [2.05, 4.69) is 43.1 Å². The van der Waals surface area contributed by atoms with Crippen LogP contribution in [-0.4, -0.2) is 22.4 Å². The van der Waals surface area contributed by atoms with Crippen LogP contribution < -0.4 is 10.2 Å². The molecule has 5 heteroatoms. The Balaban J connectivity index is 1.53. The summed E-state index contributed by atoms with van der Waals surface area (Å²) in [5, 5.41) is 13.6. The molecule has 2 atom stereocenters. The second-order valence-electron chi connectivity index (χ2n) is 7.83. The van der Waals surface area contributed by atoms with Crippen LogP contribution >= 0.6 is 0 Å². The Bertz CT molecular complexity index is 1100. The molecule has 1 aliphatic rings. The number of hydrogen-bond donors (Lipinski definition) is 2. The van der Waals surface area contributed by atoms with Gasteiger partial charge in [-0.3, -0.25) is 0 Å². The number of hydrogen-bond acceptors (Lipinski definition) is 4. The fraction of sp³-hybridized carbons (Fsp3) is 0.280. The van der Waals surface area contributed by atoms with Gasteiger partial charge in [0.25, 0.3) is 0 Å². The van der Waals surface area contributed by atoms with Crippen molar-refractivity contribution in [3.05, 3.63) is 77.4 Å². The maximum absolute atomic E-state index is 13.2. The van der Waals surface area contributed by atoms with Crippen LogP contribution in [0, 0.1) is 13.8 Å². The van der Waals surface area contributed by atoms with E-state index in [0.29, 0.717) is 5.75 Å². The number of nitrogens with one attached hydrogen (secondary N) is 1. The molecular formula is C25H28N2O2S. The van der Waals surface area contributed by atoms with Gasteiger partial charge in [0.1, 0.15) is 5.75 Å². The third-order valence-electron chi connectivity index (χ3n) is 5.90. The molecule has 0 aromatic heterocycles. The van der Waals surface area contributed by atoms with Gasteiger partial charge < -0.3 is 15.3 Å². The quantitative estimate of drug-likeness (QED) is 0.527. The van der Waals surface area contributed by atoms with Crippen LogP contribution in [0.25, 0.3) is 0 Å². The smallest absolute Gasteiger partial charge is 0.120 e. The minimum atomic E-state index is -1.16. The highest BCUT2D eigenvalue weighted by Gasteiger charge is 2.29. The molecule has 0 aliphatic carbocycles. The minimum Gasteiger partial charge on any atom is -0.508 e. The lowest BCUT2D eigenvalue weighted by atomic mass is 10.1. The Morgan fingerprint density at radius 2 is 1.73 bits per heavy atom. The monoisotopic (exact) mass is 420 g/mol. The summed E-state index contributed by atoms with van der Waals surface area (Å²) < 4.78 is 13.2. The number of aryl methyl sites for hydroxylation is 1. The van der Waals surface area contributed by atoms with Gasteiger partial charge in [0, 0.05) is 18.2 Å². The van der Waals surface area contributed by atoms with Crippen LogP contribution in [0.4, 0.5) is 11.4 Å². The molecule has 0 bridgehead atoms. The molecule has 0 radical (unpaired) electrons. The molecule has 4 nitrogen and oxygen atoms in total. The lowest BCUT2D eigenvalue weighted by molar-refractivity contribution is 0.452. The van der Waals surface area contributed by atoms with Gasteiger partial charge in [0.05, 0.1) is 32.0 Å². The van der Waals surface area contributed by atoms with Gasteiger partial charge in [-0.2, -0.15) is 0 Å². The number of fused-ring (bicyclic) bond motifs is 2. The Morgan fingerprint density at radius 1 is 1.00 bits per heavy atom. The van der Waals surface area contributed by atoms with Crippen molar-refractivity contribution in [3.63, 3.8) is 0 Å². The first kappa shape index (κ1) is 20.6. The summed E-state index contributed by atoms with van der Waals surface area (Å²) in [6.07, 6.45) is 0.922. The summed E-state index contributed by atoms with van der Waals surface area (Å²) in [5.74, 6) is 0.324. The highest BCUT2D eigenvalue weighted by molar-refractivity contribution is 7.85. The zero-order valence-corrected chi connectivity index (χ0v) is 18.5. The maximum atomic E-state index is 13.2. The van der Waals surface area contributed by atoms with Crippen LogP contribution in [-0.2, 0) is 10.8 Å². The second-order valence-corrected chi connectivity index (χ2v) is 9.25. The molecule has 2 unspecified atom stereocenters. The van der Waals surface area contributed by atoms with Gasteiger partial charge >= 0.3 is 0 Å². The van der Waals surface area contributed by atoms with Gasteiger partial charge in [0.15, 0.2) is 0 Å². The molecule has 0 saturated carbocycles. The van der Waals surface area contributed by atoms with Crippen LogP contribution in [0.2, 0.25) is 0 Å². The van der Waals surface area contributed by atoms with E-state index in [4.69, 9.17) is 0 Å². The lowest BCUT2D eigenvalue weighted by Gasteiger charge is -2.34. The minimum absolute atomic E-state index is 0.0728. The molecule has 0 spiro atoms. The molecule has 1 aliphatic heterocycles. The molecule has 30 heavy (non-hydrogen) atoms. The van der Waals surface area contributed by atoms with Crippen LogP contribution in [0.15, 0.2) is 70.5 Å². The summed E-state index contributed by atoms with van der Waals surface area (Å²) in [7, 11) is -1.16. The summed E-state index contributed by atoms with van der Waals surface area (Å²) in [6, 6.07) is 19.6. The molecular weight excluding hydrogens is 392 g/mol. The summed E-state index contributed by atoms with van der Waals surface area (Å²) in [4.78, 5) is 4.09. The van der Waals surface area contributed by atoms with E-state index in [0.717, 1.165) is 46.2 Å². The van der Waals surface area contributed by atoms with Crippen LogP contribution in [0.1, 0.15) is 36.1 Å². The number of nitrogens with zero attached hydrogens (tertiary/aromatic N) is 1. The van der Waals surface area contributed by atoms with E-state index in [-0.39, 0.29) is 6.04 Å². The number of aromatic hydroxyl groups is 1. The largest absolute Gasteiger partial charge is 0.508 e. The number of phenols is 1. The van der Waals surface area contributed by atoms with Crippen molar-refractivity contribution < 1.29 is 9.32 Å². The second kappa shape index (κ2) is 8.62. The third kappa shape index (κ3) is 3.75. The van der Waals surface area contributed by atoms with E-state index in [1.807, 2.05) is 42.5 Å². The number of para-hydroxylation sites is 2. The molecule has 4 rings (SSSR count). The SMILES string of the molecule is Cc1ccc2c(c1C)N(CCCNC(C)c1ccccc1O)c1ccccc1S2=O. The van der Waals surface area contributed by atoms with Gasteiger partial charge in [-0.25, -0.2) is 4.21 Å². The Kier molecular flexibility index (Phi) is 5.93. The van der Waals surface area contributed by atoms with Crippen molar-refractivity contribution in [2.75, 3.05) is 18.0 Å². The first-order valence-corrected chi connectivity index (χ1v) is 11.5. The van der Waals surface area contributed by atoms with Crippen molar-refractivity contribution in [1.82, 2.24) is 5.32 Å². The lowest BCUT2D eigenvalue weighted by Crippen LogP contribution is -2.29. The summed E-state index contributed by atoms with van der Waals surface area (Å²) in [5.41, 5.74) is 5.42. The van der Waals surface area contributed by atoms with E-state index >= 15 is 0 Å². The summed E-state index contributed by atoms with van der Waals surface area (Å²) >= 11 is 0. The third-order valence-corrected chi connectivity index (χ3v) is 7.38. The highest BCUT2D eigenvalue weighted by atomic mass is 32.2. The standard InChI is InChI=1S/C25H28N2O2S/c1-17-13-14-24-25(18(17)2)27(21-10-5-7-12-23(21)30(24)29)16-8-15-26-19(3)20-9-4-6-11-22(20)28/h4-7,9-14,19,26,28H,8,15-16H2,1-3H3. The first-order chi connectivity index (χ1) is 14.5. The zero-order valence-electron chi connectivity index (χ0n) is 17.7. The highest BCUT2D eigenvalue weighted by Crippen LogP contribution is 2.44. The number of anilines is 2. The van der Waals surface area contributed by atoms with Gasteiger partial charge in [-0.05, 0) is 69.1 Å². The average molecular weight is 421 g/mol. The predicted octanol–water partition coefficient (Wildman–Crippen LogP) is 5.37. The van der Waals surface area contributed by atoms with Crippen molar-refractivity contribution in [2.24, 2.45) is 0 Å². The first-order valence-electron chi connectivity index (χ1n) is 10.4. The Hall–Kier alpha value is -2.63. The Morgan fingerprint density at radius 3 is 2.53 bits per heavy atom. The van der Waals surface area contributed by atoms with Crippen molar-refractivity contribution in [1.29, 1.82) is 0 Å². The molecule has 0 fully saturated rings. The maximum Gasteiger partial charge on any atom is 0.120 e. The predicted molar refractivity (Wildman–Crippen MR) is 123 cm³/mol. The number of phenolic OH excluding ortho intramolecular Hbond substituents is 1. The van der Waals surface area contributed by atoms with Gasteiger partial charge in [-0.1, -0.05) is 36.4 Å². The molecule has 156 valence electrons. The van der Waals surface area contributed by atoms with Crippen LogP contribution in [0.3, 0.4) is 0 Å². The van der Waals surface area contributed by atoms with Gasteiger partial charge in [0.2, 0.25) is 0 Å². The van der Waals surface area contributed by atoms with E-state index < -0.39 is 10.8 Å². The zero-order chi connectivity index (χ0) is 21.3. The molecule has 2 N–H and O–H groups in total. The van der Waals surface area contributed by atoms with Crippen molar-refractivity contribution in [3.8, 4) is 5.75 Å². The van der Waals surface area contributed by atoms with Crippen LogP contribution in [0.5, 0.6) is 5.75 Å². The Labute approximate surface area is 181 Å². The molecule has 0 amide bonds. The van der Waals surface area contributed by atoms with Crippen molar-refractivity contribution >= 4 is 22.2 Å². The molecule has 3 aromatic rings. The molecule has 1 heterocycles. The fourth-order valence-corrected chi connectivity index (χ4v) is 5.53. The molecule has 3 aromatic carbocycles. The van der Waals surface area contributed by atoms with Gasteiger partial charge in [-0.15, -0.1) is 0 Å². The topological polar surface area (TPSA) is 52.6 Å². The van der Waals surface area contributed by atoms with E-state index in [1.54, 1.807) is 6.07 Å². The number of benzene rings is 3. The number of rotatable bonds is 6. The fourth-order valence-electron chi connectivity index (χ4n) is 4.09. The van der Waals surface area contributed by atoms with Crippen molar-refractivity contribution in [2.45, 2.75) is 43.0 Å². The van der Waals surface area contributed by atoms with E-state index in [1.165, 1.54) is 11.1 Å². The average Bonchev–Trinajstić information content (AvgIpc) is 2.75.